The highest BCUT2D eigenvalue weighted by Crippen LogP contribution is 2.39. The van der Waals surface area contributed by atoms with E-state index in [9.17, 15) is 13.6 Å². The Balaban J connectivity index is 2.48. The number of halogens is 2. The molecule has 0 saturated carbocycles. The molecule has 2 rings (SSSR count). The van der Waals surface area contributed by atoms with Crippen LogP contribution in [0, 0.1) is 17.0 Å². The van der Waals surface area contributed by atoms with E-state index in [0.717, 1.165) is 12.1 Å². The number of nitrogens with one attached hydrogen (secondary N) is 1. The van der Waals surface area contributed by atoms with Crippen LogP contribution < -0.4 is 10.1 Å². The first-order chi connectivity index (χ1) is 8.85. The molecular formula is C13H15F2NO3. The summed E-state index contributed by atoms with van der Waals surface area (Å²) < 4.78 is 37.7. The molecule has 104 valence electrons. The first-order valence-electron chi connectivity index (χ1n) is 5.81. The van der Waals surface area contributed by atoms with Gasteiger partial charge in [0.25, 0.3) is 0 Å². The lowest BCUT2D eigenvalue weighted by molar-refractivity contribution is 0.0367. The van der Waals surface area contributed by atoms with Gasteiger partial charge in [-0.1, -0.05) is 13.8 Å². The highest BCUT2D eigenvalue weighted by Gasteiger charge is 2.40. The van der Waals surface area contributed by atoms with Crippen LogP contribution in [0.3, 0.4) is 0 Å². The zero-order valence-electron chi connectivity index (χ0n) is 10.9. The normalized spacial score (nSPS) is 21.5. The van der Waals surface area contributed by atoms with Crippen molar-refractivity contribution in [3.63, 3.8) is 0 Å². The van der Waals surface area contributed by atoms with Crippen LogP contribution >= 0.6 is 0 Å². The molecule has 1 fully saturated rings. The maximum atomic E-state index is 14.0. The summed E-state index contributed by atoms with van der Waals surface area (Å²) in [5.74, 6) is -1.41. The molecule has 4 nitrogen and oxygen atoms in total. The third-order valence-electron chi connectivity index (χ3n) is 3.20. The quantitative estimate of drug-likeness (QED) is 0.899. The van der Waals surface area contributed by atoms with Crippen LogP contribution in [-0.2, 0) is 4.74 Å². The van der Waals surface area contributed by atoms with Crippen molar-refractivity contribution in [2.24, 2.45) is 5.41 Å². The van der Waals surface area contributed by atoms with Crippen LogP contribution in [0.2, 0.25) is 0 Å². The molecule has 1 aromatic carbocycles. The zero-order valence-corrected chi connectivity index (χ0v) is 10.9. The van der Waals surface area contributed by atoms with Crippen LogP contribution in [0.1, 0.15) is 25.5 Å². The smallest absolute Gasteiger partial charge is 0.407 e. The minimum atomic E-state index is -0.792. The molecule has 1 heterocycles. The average molecular weight is 271 g/mol. The van der Waals surface area contributed by atoms with E-state index in [4.69, 9.17) is 9.47 Å². The van der Waals surface area contributed by atoms with Crippen molar-refractivity contribution >= 4 is 6.09 Å². The third-order valence-corrected chi connectivity index (χ3v) is 3.20. The predicted octanol–water partition coefficient (Wildman–Crippen LogP) is 2.78. The summed E-state index contributed by atoms with van der Waals surface area (Å²) in [6, 6.07) is 1.39. The summed E-state index contributed by atoms with van der Waals surface area (Å²) in [7, 11) is 1.33. The molecule has 1 aliphatic rings. The van der Waals surface area contributed by atoms with Crippen molar-refractivity contribution in [2.75, 3.05) is 13.7 Å². The lowest BCUT2D eigenvalue weighted by Gasteiger charge is -2.38. The van der Waals surface area contributed by atoms with Crippen molar-refractivity contribution in [3.8, 4) is 5.75 Å². The van der Waals surface area contributed by atoms with Gasteiger partial charge in [-0.15, -0.1) is 0 Å². The van der Waals surface area contributed by atoms with Crippen molar-refractivity contribution in [2.45, 2.75) is 19.9 Å². The molecule has 6 heteroatoms. The Morgan fingerprint density at radius 3 is 2.47 bits per heavy atom. The summed E-state index contributed by atoms with van der Waals surface area (Å²) in [5, 5.41) is 2.46. The van der Waals surface area contributed by atoms with Crippen LogP contribution in [0.5, 0.6) is 5.75 Å². The maximum absolute atomic E-state index is 14.0. The molecule has 1 N–H and O–H groups in total. The van der Waals surface area contributed by atoms with Crippen molar-refractivity contribution < 1.29 is 23.0 Å². The van der Waals surface area contributed by atoms with Gasteiger partial charge in [0.2, 0.25) is 0 Å². The van der Waals surface area contributed by atoms with E-state index >= 15 is 0 Å². The summed E-state index contributed by atoms with van der Waals surface area (Å²) in [5.41, 5.74) is -0.799. The Labute approximate surface area is 109 Å². The van der Waals surface area contributed by atoms with Gasteiger partial charge in [0.1, 0.15) is 24.0 Å². The van der Waals surface area contributed by atoms with E-state index in [0.29, 0.717) is 0 Å². The van der Waals surface area contributed by atoms with Crippen molar-refractivity contribution in [1.82, 2.24) is 5.32 Å². The highest BCUT2D eigenvalue weighted by molar-refractivity contribution is 5.69. The second-order valence-corrected chi connectivity index (χ2v) is 5.15. The van der Waals surface area contributed by atoms with Crippen LogP contribution in [0.4, 0.5) is 13.6 Å². The largest absolute Gasteiger partial charge is 0.497 e. The Kier molecular flexibility index (Phi) is 3.34. The van der Waals surface area contributed by atoms with Crippen LogP contribution in [0.15, 0.2) is 12.1 Å². The summed E-state index contributed by atoms with van der Waals surface area (Å²) >= 11 is 0. The molecule has 1 amide bonds. The van der Waals surface area contributed by atoms with Crippen molar-refractivity contribution in [3.05, 3.63) is 29.3 Å². The van der Waals surface area contributed by atoms with E-state index in [1.54, 1.807) is 13.8 Å². The number of rotatable bonds is 2. The Morgan fingerprint density at radius 2 is 1.95 bits per heavy atom. The SMILES string of the molecule is COc1cc(F)c([C@@H]2NC(=O)OCC2(C)C)c(F)c1. The second-order valence-electron chi connectivity index (χ2n) is 5.15. The topological polar surface area (TPSA) is 47.6 Å². The van der Waals surface area contributed by atoms with Gasteiger partial charge >= 0.3 is 6.09 Å². The summed E-state index contributed by atoms with van der Waals surface area (Å²) in [6.07, 6.45) is -0.682. The number of hydrogen-bond acceptors (Lipinski definition) is 3. The van der Waals surface area contributed by atoms with Gasteiger partial charge in [0.05, 0.1) is 13.2 Å². The predicted molar refractivity (Wildman–Crippen MR) is 63.9 cm³/mol. The van der Waals surface area contributed by atoms with Crippen LogP contribution in [0.25, 0.3) is 0 Å². The fourth-order valence-corrected chi connectivity index (χ4v) is 2.11. The van der Waals surface area contributed by atoms with Gasteiger partial charge in [-0.25, -0.2) is 13.6 Å². The van der Waals surface area contributed by atoms with Gasteiger partial charge in [-0.05, 0) is 0 Å². The van der Waals surface area contributed by atoms with E-state index < -0.39 is 29.2 Å². The molecule has 1 atom stereocenters. The summed E-state index contributed by atoms with van der Waals surface area (Å²) in [4.78, 5) is 11.3. The first-order valence-corrected chi connectivity index (χ1v) is 5.81. The minimum Gasteiger partial charge on any atom is -0.497 e. The number of carbonyl (C=O) groups is 1. The van der Waals surface area contributed by atoms with Gasteiger partial charge < -0.3 is 14.8 Å². The monoisotopic (exact) mass is 271 g/mol. The lowest BCUT2D eigenvalue weighted by atomic mass is 9.80. The highest BCUT2D eigenvalue weighted by atomic mass is 19.1. The molecule has 0 aliphatic carbocycles. The minimum absolute atomic E-state index is 0.0917. The Hall–Kier alpha value is -1.85. The van der Waals surface area contributed by atoms with Gasteiger partial charge in [0.15, 0.2) is 0 Å². The number of amides is 1. The second kappa shape index (κ2) is 4.68. The molecule has 19 heavy (non-hydrogen) atoms. The lowest BCUT2D eigenvalue weighted by Crippen LogP contribution is -2.47. The molecule has 1 aliphatic heterocycles. The number of carbonyl (C=O) groups excluding carboxylic acids is 1. The number of cyclic esters (lactones) is 1. The molecule has 1 saturated heterocycles. The number of methoxy groups -OCH3 is 1. The first kappa shape index (κ1) is 13.6. The van der Waals surface area contributed by atoms with E-state index in [-0.39, 0.29) is 17.9 Å². The van der Waals surface area contributed by atoms with Gasteiger partial charge in [-0.3, -0.25) is 0 Å². The fourth-order valence-electron chi connectivity index (χ4n) is 2.11. The van der Waals surface area contributed by atoms with Crippen molar-refractivity contribution in [1.29, 1.82) is 0 Å². The Morgan fingerprint density at radius 1 is 1.37 bits per heavy atom. The number of alkyl carbamates (subject to hydrolysis) is 1. The molecule has 1 aromatic rings. The molecule has 0 spiro atoms. The molecule has 0 bridgehead atoms. The zero-order chi connectivity index (χ0) is 14.2. The average Bonchev–Trinajstić information content (AvgIpc) is 2.33. The molecule has 0 aromatic heterocycles. The van der Waals surface area contributed by atoms with Gasteiger partial charge in [0, 0.05) is 23.1 Å². The third kappa shape index (κ3) is 2.47. The molecule has 0 radical (unpaired) electrons. The van der Waals surface area contributed by atoms with Crippen LogP contribution in [-0.4, -0.2) is 19.8 Å². The van der Waals surface area contributed by atoms with E-state index in [2.05, 4.69) is 5.32 Å². The standard InChI is InChI=1S/C13H15F2NO3/c1-13(2)6-19-12(17)16-11(13)10-8(14)4-7(18-3)5-9(10)15/h4-5,11H,6H2,1-3H3,(H,16,17)/t11-/m0/s1. The van der Waals surface area contributed by atoms with Gasteiger partial charge in [-0.2, -0.15) is 0 Å². The number of hydrogen-bond donors (Lipinski definition) is 1. The fraction of sp³-hybridized carbons (Fsp3) is 0.462. The molecular weight excluding hydrogens is 256 g/mol. The molecule has 0 unspecified atom stereocenters. The maximum Gasteiger partial charge on any atom is 0.407 e. The number of ether oxygens (including phenoxy) is 2. The van der Waals surface area contributed by atoms with E-state index in [1.807, 2.05) is 0 Å². The van der Waals surface area contributed by atoms with E-state index in [1.165, 1.54) is 7.11 Å². The number of benzene rings is 1. The Bertz CT molecular complexity index is 494. The summed E-state index contributed by atoms with van der Waals surface area (Å²) in [6.45, 7) is 3.62.